The Morgan fingerprint density at radius 3 is 2.56 bits per heavy atom. The summed E-state index contributed by atoms with van der Waals surface area (Å²) in [5, 5.41) is 3.32. The molecular weight excluding hydrogens is 256 g/mol. The maximum Gasteiger partial charge on any atom is 0.322 e. The van der Waals surface area contributed by atoms with Gasteiger partial charge in [0.15, 0.2) is 5.75 Å². The van der Waals surface area contributed by atoms with E-state index in [4.69, 9.17) is 0 Å². The van der Waals surface area contributed by atoms with E-state index in [-0.39, 0.29) is 12.1 Å². The number of ether oxygens (including phenoxy) is 1. The fraction of sp³-hybridized carbons (Fsp3) is 0.909. The van der Waals surface area contributed by atoms with Gasteiger partial charge in [-0.05, 0) is 12.8 Å². The van der Waals surface area contributed by atoms with Gasteiger partial charge in [0.05, 0.1) is 7.11 Å². The van der Waals surface area contributed by atoms with Gasteiger partial charge in [0.1, 0.15) is 0 Å². The molecule has 1 heterocycles. The molecule has 0 aliphatic carbocycles. The number of esters is 1. The van der Waals surface area contributed by atoms with Crippen molar-refractivity contribution in [1.82, 2.24) is 9.62 Å². The fourth-order valence-corrected chi connectivity index (χ4v) is 3.75. The van der Waals surface area contributed by atoms with Crippen LogP contribution in [-0.2, 0) is 19.6 Å². The lowest BCUT2D eigenvalue weighted by Crippen LogP contribution is -2.58. The van der Waals surface area contributed by atoms with Crippen LogP contribution in [0.25, 0.3) is 0 Å². The summed E-state index contributed by atoms with van der Waals surface area (Å²) in [4.78, 5) is 11.2. The monoisotopic (exact) mass is 278 g/mol. The summed E-state index contributed by atoms with van der Waals surface area (Å²) in [6.07, 6.45) is 1.59. The molecule has 1 N–H and O–H groups in total. The van der Waals surface area contributed by atoms with Gasteiger partial charge in [0.2, 0.25) is 10.0 Å². The number of nitrogens with zero attached hydrogens (tertiary/aromatic N) is 1. The minimum Gasteiger partial charge on any atom is -0.468 e. The first-order valence-corrected chi connectivity index (χ1v) is 7.85. The maximum atomic E-state index is 12.2. The molecule has 0 aromatic carbocycles. The van der Waals surface area contributed by atoms with E-state index in [1.165, 1.54) is 11.4 Å². The van der Waals surface area contributed by atoms with Crippen molar-refractivity contribution >= 4 is 16.0 Å². The van der Waals surface area contributed by atoms with E-state index in [0.29, 0.717) is 13.1 Å². The van der Waals surface area contributed by atoms with Gasteiger partial charge in [0, 0.05) is 25.2 Å². The van der Waals surface area contributed by atoms with Gasteiger partial charge in [-0.1, -0.05) is 13.8 Å². The molecule has 18 heavy (non-hydrogen) atoms. The lowest BCUT2D eigenvalue weighted by Gasteiger charge is -2.38. The lowest BCUT2D eigenvalue weighted by molar-refractivity contribution is -0.137. The number of carbonyl (C=O) groups excluding carboxylic acids is 1. The van der Waals surface area contributed by atoms with E-state index >= 15 is 0 Å². The molecule has 106 valence electrons. The first-order chi connectivity index (χ1) is 8.44. The number of carbonyl (C=O) groups is 1. The Morgan fingerprint density at radius 1 is 1.39 bits per heavy atom. The molecule has 6 nitrogen and oxygen atoms in total. The van der Waals surface area contributed by atoms with Crippen LogP contribution in [-0.4, -0.2) is 56.7 Å². The summed E-state index contributed by atoms with van der Waals surface area (Å²) in [7, 11) is -2.38. The van der Waals surface area contributed by atoms with Gasteiger partial charge in [0.25, 0.3) is 0 Å². The van der Waals surface area contributed by atoms with Crippen molar-refractivity contribution in [3.63, 3.8) is 0 Å². The average Bonchev–Trinajstić information content (AvgIpc) is 2.37. The quantitative estimate of drug-likeness (QED) is 0.714. The van der Waals surface area contributed by atoms with Crippen molar-refractivity contribution in [2.24, 2.45) is 0 Å². The number of piperazine rings is 1. The van der Waals surface area contributed by atoms with Crippen LogP contribution in [0.3, 0.4) is 0 Å². The molecule has 7 heteroatoms. The molecule has 1 aliphatic heterocycles. The first-order valence-electron chi connectivity index (χ1n) is 6.24. The molecule has 1 fully saturated rings. The third-order valence-corrected chi connectivity index (χ3v) is 5.06. The number of methoxy groups -OCH3 is 1. The fourth-order valence-electron chi connectivity index (χ4n) is 2.09. The van der Waals surface area contributed by atoms with E-state index in [0.717, 1.165) is 12.8 Å². The Bertz CT molecular complexity index is 383. The van der Waals surface area contributed by atoms with E-state index in [9.17, 15) is 13.2 Å². The molecule has 1 saturated heterocycles. The zero-order valence-corrected chi connectivity index (χ0v) is 12.0. The summed E-state index contributed by atoms with van der Waals surface area (Å²) in [6.45, 7) is 5.01. The van der Waals surface area contributed by atoms with Crippen molar-refractivity contribution < 1.29 is 17.9 Å². The Hall–Kier alpha value is -0.660. The summed E-state index contributed by atoms with van der Waals surface area (Å²) in [6, 6.07) is 0.0719. The molecule has 0 radical (unpaired) electrons. The predicted octanol–water partition coefficient (Wildman–Crippen LogP) is -0.0484. The Kier molecular flexibility index (Phi) is 5.55. The zero-order valence-electron chi connectivity index (χ0n) is 11.2. The van der Waals surface area contributed by atoms with Gasteiger partial charge in [-0.2, -0.15) is 4.31 Å². The molecule has 0 bridgehead atoms. The highest BCUT2D eigenvalue weighted by Crippen LogP contribution is 2.17. The Labute approximate surface area is 109 Å². The number of rotatable bonds is 5. The third kappa shape index (κ3) is 3.66. The standard InChI is InChI=1S/C11H22N2O4S/c1-4-9-7-13(10(5-2)6-12-9)18(15,16)8-11(14)17-3/h9-10,12H,4-8H2,1-3H3. The van der Waals surface area contributed by atoms with Crippen molar-refractivity contribution in [2.45, 2.75) is 38.8 Å². The van der Waals surface area contributed by atoms with Crippen LogP contribution in [0.2, 0.25) is 0 Å². The van der Waals surface area contributed by atoms with E-state index in [2.05, 4.69) is 10.1 Å². The molecule has 1 rings (SSSR count). The summed E-state index contributed by atoms with van der Waals surface area (Å²) >= 11 is 0. The van der Waals surface area contributed by atoms with Gasteiger partial charge in [-0.15, -0.1) is 0 Å². The van der Waals surface area contributed by atoms with Crippen molar-refractivity contribution in [3.8, 4) is 0 Å². The van der Waals surface area contributed by atoms with Crippen molar-refractivity contribution in [3.05, 3.63) is 0 Å². The smallest absolute Gasteiger partial charge is 0.322 e. The highest BCUT2D eigenvalue weighted by molar-refractivity contribution is 7.89. The SMILES string of the molecule is CCC1CN(S(=O)(=O)CC(=O)OC)C(CC)CN1. The molecule has 1 aliphatic rings. The van der Waals surface area contributed by atoms with Crippen LogP contribution in [0.15, 0.2) is 0 Å². The third-order valence-electron chi connectivity index (χ3n) is 3.30. The molecular formula is C11H22N2O4S. The minimum atomic E-state index is -3.58. The highest BCUT2D eigenvalue weighted by Gasteiger charge is 2.35. The first kappa shape index (κ1) is 15.4. The van der Waals surface area contributed by atoms with E-state index in [1.54, 1.807) is 0 Å². The lowest BCUT2D eigenvalue weighted by atomic mass is 10.1. The highest BCUT2D eigenvalue weighted by atomic mass is 32.2. The van der Waals surface area contributed by atoms with E-state index in [1.807, 2.05) is 13.8 Å². The molecule has 0 aromatic rings. The second kappa shape index (κ2) is 6.49. The molecule has 0 amide bonds. The zero-order chi connectivity index (χ0) is 13.8. The largest absolute Gasteiger partial charge is 0.468 e. The summed E-state index contributed by atoms with van der Waals surface area (Å²) in [5.41, 5.74) is 0. The second-order valence-electron chi connectivity index (χ2n) is 4.48. The second-order valence-corrected chi connectivity index (χ2v) is 6.40. The van der Waals surface area contributed by atoms with Gasteiger partial charge < -0.3 is 10.1 Å². The Balaban J connectivity index is 2.84. The van der Waals surface area contributed by atoms with Gasteiger partial charge in [-0.25, -0.2) is 8.42 Å². The number of hydrogen-bond donors (Lipinski definition) is 1. The van der Waals surface area contributed by atoms with Crippen LogP contribution in [0.5, 0.6) is 0 Å². The topological polar surface area (TPSA) is 75.7 Å². The predicted molar refractivity (Wildman–Crippen MR) is 68.7 cm³/mol. The van der Waals surface area contributed by atoms with E-state index < -0.39 is 21.7 Å². The van der Waals surface area contributed by atoms with Crippen LogP contribution in [0.4, 0.5) is 0 Å². The Morgan fingerprint density at radius 2 is 2.06 bits per heavy atom. The van der Waals surface area contributed by atoms with Crippen LogP contribution < -0.4 is 5.32 Å². The van der Waals surface area contributed by atoms with Crippen molar-refractivity contribution in [2.75, 3.05) is 26.0 Å². The normalized spacial score (nSPS) is 25.9. The van der Waals surface area contributed by atoms with Crippen LogP contribution in [0, 0.1) is 0 Å². The number of hydrogen-bond acceptors (Lipinski definition) is 5. The van der Waals surface area contributed by atoms with Crippen LogP contribution in [0.1, 0.15) is 26.7 Å². The van der Waals surface area contributed by atoms with Gasteiger partial charge in [-0.3, -0.25) is 4.79 Å². The molecule has 2 atom stereocenters. The maximum absolute atomic E-state index is 12.2. The minimum absolute atomic E-state index is 0.0811. The molecule has 0 saturated carbocycles. The molecule has 0 spiro atoms. The number of sulfonamides is 1. The summed E-state index contributed by atoms with van der Waals surface area (Å²) < 4.78 is 30.3. The average molecular weight is 278 g/mol. The van der Waals surface area contributed by atoms with Crippen molar-refractivity contribution in [1.29, 1.82) is 0 Å². The van der Waals surface area contributed by atoms with Gasteiger partial charge >= 0.3 is 5.97 Å². The molecule has 0 aromatic heterocycles. The summed E-state index contributed by atoms with van der Waals surface area (Å²) in [5.74, 6) is -1.28. The number of nitrogens with one attached hydrogen (secondary N) is 1. The van der Waals surface area contributed by atoms with Crippen LogP contribution >= 0.6 is 0 Å². The molecule has 2 unspecified atom stereocenters.